The van der Waals surface area contributed by atoms with Crippen LogP contribution in [0.5, 0.6) is 0 Å². The third kappa shape index (κ3) is 3.83. The Hall–Kier alpha value is -2.80. The van der Waals surface area contributed by atoms with E-state index < -0.39 is 0 Å². The van der Waals surface area contributed by atoms with Crippen LogP contribution in [0, 0.1) is 6.92 Å². The van der Waals surface area contributed by atoms with Crippen molar-refractivity contribution in [1.82, 2.24) is 19.9 Å². The van der Waals surface area contributed by atoms with E-state index in [0.717, 1.165) is 35.2 Å². The molecule has 3 aromatic heterocycles. The van der Waals surface area contributed by atoms with E-state index in [1.165, 1.54) is 5.56 Å². The van der Waals surface area contributed by atoms with Gasteiger partial charge in [0.1, 0.15) is 0 Å². The van der Waals surface area contributed by atoms with E-state index in [1.54, 1.807) is 18.0 Å². The molecule has 3 heterocycles. The monoisotopic (exact) mass is 380 g/mol. The minimum absolute atomic E-state index is 0.631. The number of nitrogens with zero attached hydrogens (tertiary/aromatic N) is 4. The minimum Gasteiger partial charge on any atom is -0.461 e. The summed E-state index contributed by atoms with van der Waals surface area (Å²) in [6, 6.07) is 13.9. The van der Waals surface area contributed by atoms with Crippen molar-refractivity contribution in [2.75, 3.05) is 0 Å². The summed E-state index contributed by atoms with van der Waals surface area (Å²) in [6.07, 6.45) is 2.63. The summed E-state index contributed by atoms with van der Waals surface area (Å²) in [5.74, 6) is 2.86. The van der Waals surface area contributed by atoms with Crippen molar-refractivity contribution in [3.63, 3.8) is 0 Å². The van der Waals surface area contributed by atoms with E-state index in [9.17, 15) is 0 Å². The van der Waals surface area contributed by atoms with Crippen LogP contribution in [0.1, 0.15) is 24.6 Å². The highest BCUT2D eigenvalue weighted by atomic mass is 32.2. The van der Waals surface area contributed by atoms with Gasteiger partial charge in [0.2, 0.25) is 5.76 Å². The van der Waals surface area contributed by atoms with E-state index >= 15 is 0 Å². The predicted molar refractivity (Wildman–Crippen MR) is 104 cm³/mol. The Kier molecular flexibility index (Phi) is 5.11. The molecule has 0 N–H and O–H groups in total. The molecule has 0 aliphatic heterocycles. The minimum atomic E-state index is 0.631. The second-order valence-electron chi connectivity index (χ2n) is 6.28. The van der Waals surface area contributed by atoms with E-state index in [4.69, 9.17) is 8.94 Å². The Morgan fingerprint density at radius 1 is 1.07 bits per heavy atom. The molecule has 0 amide bonds. The van der Waals surface area contributed by atoms with Crippen LogP contribution in [0.3, 0.4) is 0 Å². The number of thioether (sulfide) groups is 1. The average molecular weight is 380 g/mol. The number of hydrogen-bond donors (Lipinski definition) is 0. The normalized spacial score (nSPS) is 11.2. The van der Waals surface area contributed by atoms with Crippen molar-refractivity contribution < 1.29 is 8.94 Å². The van der Waals surface area contributed by atoms with Crippen LogP contribution in [-0.4, -0.2) is 19.9 Å². The van der Waals surface area contributed by atoms with Crippen LogP contribution in [-0.2, 0) is 12.3 Å². The number of hydrogen-bond acceptors (Lipinski definition) is 6. The van der Waals surface area contributed by atoms with E-state index in [0.29, 0.717) is 17.3 Å². The fourth-order valence-corrected chi connectivity index (χ4v) is 3.72. The maximum Gasteiger partial charge on any atom is 0.202 e. The van der Waals surface area contributed by atoms with Gasteiger partial charge >= 0.3 is 0 Å². The maximum absolute atomic E-state index is 5.36. The van der Waals surface area contributed by atoms with Gasteiger partial charge in [0.05, 0.1) is 12.0 Å². The van der Waals surface area contributed by atoms with Crippen LogP contribution in [0.15, 0.2) is 62.8 Å². The van der Waals surface area contributed by atoms with Crippen LogP contribution in [0.2, 0.25) is 0 Å². The summed E-state index contributed by atoms with van der Waals surface area (Å²) in [5.41, 5.74) is 3.14. The summed E-state index contributed by atoms with van der Waals surface area (Å²) in [4.78, 5) is 0. The van der Waals surface area contributed by atoms with Crippen molar-refractivity contribution >= 4 is 11.8 Å². The topological polar surface area (TPSA) is 69.9 Å². The first-order valence-corrected chi connectivity index (χ1v) is 9.85. The number of aromatic nitrogens is 4. The first-order valence-electron chi connectivity index (χ1n) is 8.87. The SMILES string of the molecule is CCCn1c(SCc2cc(-c3ccco3)on2)nnc1-c1cccc(C)c1. The molecular formula is C20H20N4O2S. The average Bonchev–Trinajstić information content (AvgIpc) is 3.41. The summed E-state index contributed by atoms with van der Waals surface area (Å²) in [5, 5.41) is 13.9. The molecule has 0 aliphatic carbocycles. The van der Waals surface area contributed by atoms with Gasteiger partial charge in [-0.15, -0.1) is 10.2 Å². The molecule has 6 nitrogen and oxygen atoms in total. The molecule has 4 rings (SSSR count). The van der Waals surface area contributed by atoms with Gasteiger partial charge in [0, 0.05) is 23.9 Å². The van der Waals surface area contributed by atoms with E-state index in [-0.39, 0.29) is 0 Å². The molecule has 0 atom stereocenters. The van der Waals surface area contributed by atoms with Crippen LogP contribution < -0.4 is 0 Å². The smallest absolute Gasteiger partial charge is 0.202 e. The molecule has 1 aromatic carbocycles. The van der Waals surface area contributed by atoms with Crippen molar-refractivity contribution in [3.05, 3.63) is 60.0 Å². The summed E-state index contributed by atoms with van der Waals surface area (Å²) >= 11 is 1.61. The Balaban J connectivity index is 1.54. The van der Waals surface area contributed by atoms with Gasteiger partial charge < -0.3 is 13.5 Å². The third-order valence-electron chi connectivity index (χ3n) is 4.11. The largest absolute Gasteiger partial charge is 0.461 e. The highest BCUT2D eigenvalue weighted by Crippen LogP contribution is 2.28. The standard InChI is InChI=1S/C20H20N4O2S/c1-3-9-24-19(15-7-4-6-14(2)11-15)21-22-20(24)27-13-16-12-18(26-23-16)17-8-5-10-25-17/h4-8,10-12H,3,9,13H2,1-2H3. The fraction of sp³-hybridized carbons (Fsp3) is 0.250. The van der Waals surface area contributed by atoms with Crippen molar-refractivity contribution in [1.29, 1.82) is 0 Å². The molecule has 0 fully saturated rings. The van der Waals surface area contributed by atoms with Gasteiger partial charge in [-0.2, -0.15) is 0 Å². The third-order valence-corrected chi connectivity index (χ3v) is 5.11. The van der Waals surface area contributed by atoms with Gasteiger partial charge in [0.15, 0.2) is 16.7 Å². The molecule has 0 saturated heterocycles. The highest BCUT2D eigenvalue weighted by molar-refractivity contribution is 7.98. The fourth-order valence-electron chi connectivity index (χ4n) is 2.87. The molecule has 0 bridgehead atoms. The molecule has 0 unspecified atom stereocenters. The zero-order valence-electron chi connectivity index (χ0n) is 15.3. The van der Waals surface area contributed by atoms with Gasteiger partial charge in [-0.25, -0.2) is 0 Å². The van der Waals surface area contributed by atoms with Crippen molar-refractivity contribution in [2.24, 2.45) is 0 Å². The molecule has 0 radical (unpaired) electrons. The molecule has 0 saturated carbocycles. The number of furan rings is 1. The molecular weight excluding hydrogens is 360 g/mol. The molecule has 27 heavy (non-hydrogen) atoms. The highest BCUT2D eigenvalue weighted by Gasteiger charge is 2.15. The van der Waals surface area contributed by atoms with Crippen LogP contribution >= 0.6 is 11.8 Å². The second-order valence-corrected chi connectivity index (χ2v) is 7.22. The van der Waals surface area contributed by atoms with Crippen LogP contribution in [0.25, 0.3) is 22.9 Å². The summed E-state index contributed by atoms with van der Waals surface area (Å²) in [6.45, 7) is 5.11. The zero-order valence-corrected chi connectivity index (χ0v) is 16.1. The van der Waals surface area contributed by atoms with E-state index in [2.05, 4.69) is 52.0 Å². The lowest BCUT2D eigenvalue weighted by Gasteiger charge is -2.08. The second kappa shape index (κ2) is 7.84. The molecule has 0 aliphatic rings. The van der Waals surface area contributed by atoms with Gasteiger partial charge in [-0.3, -0.25) is 0 Å². The van der Waals surface area contributed by atoms with E-state index in [1.807, 2.05) is 24.3 Å². The maximum atomic E-state index is 5.36. The molecule has 4 aromatic rings. The van der Waals surface area contributed by atoms with Crippen molar-refractivity contribution in [3.8, 4) is 22.9 Å². The lowest BCUT2D eigenvalue weighted by Crippen LogP contribution is -2.02. The quantitative estimate of drug-likeness (QED) is 0.410. The number of aryl methyl sites for hydroxylation is 1. The molecule has 7 heteroatoms. The predicted octanol–water partition coefficient (Wildman–Crippen LogP) is 5.20. The Bertz CT molecular complexity index is 1020. The summed E-state index contributed by atoms with van der Waals surface area (Å²) < 4.78 is 12.9. The first-order chi connectivity index (χ1) is 13.2. The Morgan fingerprint density at radius 2 is 2.00 bits per heavy atom. The van der Waals surface area contributed by atoms with Gasteiger partial charge in [-0.05, 0) is 31.5 Å². The Morgan fingerprint density at radius 3 is 2.78 bits per heavy atom. The molecule has 0 spiro atoms. The van der Waals surface area contributed by atoms with Crippen LogP contribution in [0.4, 0.5) is 0 Å². The number of benzene rings is 1. The van der Waals surface area contributed by atoms with Gasteiger partial charge in [-0.1, -0.05) is 47.6 Å². The Labute approximate surface area is 161 Å². The zero-order chi connectivity index (χ0) is 18.6. The first kappa shape index (κ1) is 17.6. The van der Waals surface area contributed by atoms with Crippen molar-refractivity contribution in [2.45, 2.75) is 37.7 Å². The lowest BCUT2D eigenvalue weighted by atomic mass is 10.1. The number of rotatable bonds is 7. The lowest BCUT2D eigenvalue weighted by molar-refractivity contribution is 0.413. The summed E-state index contributed by atoms with van der Waals surface area (Å²) in [7, 11) is 0. The molecule has 138 valence electrons. The van der Waals surface area contributed by atoms with Gasteiger partial charge in [0.25, 0.3) is 0 Å².